The lowest BCUT2D eigenvalue weighted by Crippen LogP contribution is -2.49. The number of para-hydroxylation sites is 1. The van der Waals surface area contributed by atoms with Gasteiger partial charge in [0.1, 0.15) is 35.4 Å². The zero-order valence-corrected chi connectivity index (χ0v) is 18.5. The van der Waals surface area contributed by atoms with Gasteiger partial charge in [0.05, 0.1) is 0 Å². The van der Waals surface area contributed by atoms with Crippen LogP contribution in [0.1, 0.15) is 21.1 Å². The number of rotatable bonds is 8. The summed E-state index contributed by atoms with van der Waals surface area (Å²) in [6, 6.07) is 17.8. The molecule has 7 heteroatoms. The van der Waals surface area contributed by atoms with Gasteiger partial charge in [0.25, 0.3) is 5.91 Å². The number of piperazine rings is 1. The van der Waals surface area contributed by atoms with Crippen molar-refractivity contribution in [2.24, 2.45) is 0 Å². The fourth-order valence-electron chi connectivity index (χ4n) is 3.40. The molecule has 1 aliphatic rings. The van der Waals surface area contributed by atoms with E-state index in [0.717, 1.165) is 36.1 Å². The fourth-order valence-corrected chi connectivity index (χ4v) is 4.08. The summed E-state index contributed by atoms with van der Waals surface area (Å²) in [5.74, 6) is 1.70. The van der Waals surface area contributed by atoms with E-state index in [1.807, 2.05) is 71.8 Å². The zero-order valence-electron chi connectivity index (χ0n) is 17.7. The second kappa shape index (κ2) is 10.4. The summed E-state index contributed by atoms with van der Waals surface area (Å²) in [6.45, 7) is 7.02. The topological polar surface area (TPSA) is 54.9 Å². The number of carbonyl (C=O) groups excluding carboxylic acids is 1. The molecule has 2 aromatic carbocycles. The molecule has 1 aromatic heterocycles. The third-order valence-electron chi connectivity index (χ3n) is 5.23. The van der Waals surface area contributed by atoms with Gasteiger partial charge < -0.3 is 14.4 Å². The van der Waals surface area contributed by atoms with E-state index in [4.69, 9.17) is 9.47 Å². The maximum absolute atomic E-state index is 12.8. The molecule has 1 saturated heterocycles. The lowest BCUT2D eigenvalue weighted by molar-refractivity contribution is 0.0615. The Hall–Kier alpha value is -2.90. The molecular formula is C24H27N3O3S. The average molecular weight is 438 g/mol. The number of carbonyl (C=O) groups is 1. The molecule has 0 saturated carbocycles. The lowest BCUT2D eigenvalue weighted by atomic mass is 10.2. The van der Waals surface area contributed by atoms with E-state index >= 15 is 0 Å². The molecule has 0 N–H and O–H groups in total. The second-order valence-electron chi connectivity index (χ2n) is 7.52. The van der Waals surface area contributed by atoms with Crippen LogP contribution >= 0.6 is 11.3 Å². The SMILES string of the molecule is Cc1ccc(OCc2nc(C(=O)N3CCN(CCOc4ccccc4)CC3)cs2)cc1. The molecular weight excluding hydrogens is 410 g/mol. The molecule has 4 rings (SSSR count). The molecule has 3 aromatic rings. The zero-order chi connectivity index (χ0) is 21.5. The summed E-state index contributed by atoms with van der Waals surface area (Å²) in [6.07, 6.45) is 0. The standard InChI is InChI=1S/C24H27N3O3S/c1-19-7-9-21(10-8-19)30-17-23-25-22(18-31-23)24(28)27-13-11-26(12-14-27)15-16-29-20-5-3-2-4-6-20/h2-10,18H,11-17H2,1H3. The van der Waals surface area contributed by atoms with Gasteiger partial charge in [0.15, 0.2) is 0 Å². The summed E-state index contributed by atoms with van der Waals surface area (Å²) in [5.41, 5.74) is 1.70. The van der Waals surface area contributed by atoms with Crippen molar-refractivity contribution in [3.63, 3.8) is 0 Å². The number of aromatic nitrogens is 1. The van der Waals surface area contributed by atoms with Crippen LogP contribution < -0.4 is 9.47 Å². The molecule has 31 heavy (non-hydrogen) atoms. The van der Waals surface area contributed by atoms with Gasteiger partial charge >= 0.3 is 0 Å². The highest BCUT2D eigenvalue weighted by Gasteiger charge is 2.23. The van der Waals surface area contributed by atoms with Crippen molar-refractivity contribution < 1.29 is 14.3 Å². The monoisotopic (exact) mass is 437 g/mol. The Morgan fingerprint density at radius 3 is 2.42 bits per heavy atom. The van der Waals surface area contributed by atoms with E-state index in [9.17, 15) is 4.79 Å². The van der Waals surface area contributed by atoms with Crippen LogP contribution in [0.4, 0.5) is 0 Å². The van der Waals surface area contributed by atoms with Crippen LogP contribution in [0.5, 0.6) is 11.5 Å². The Morgan fingerprint density at radius 2 is 1.68 bits per heavy atom. The number of thiazole rings is 1. The first kappa shape index (κ1) is 21.3. The molecule has 2 heterocycles. The van der Waals surface area contributed by atoms with Crippen molar-refractivity contribution in [3.05, 3.63) is 76.2 Å². The lowest BCUT2D eigenvalue weighted by Gasteiger charge is -2.34. The largest absolute Gasteiger partial charge is 0.492 e. The highest BCUT2D eigenvalue weighted by atomic mass is 32.1. The van der Waals surface area contributed by atoms with E-state index in [1.165, 1.54) is 16.9 Å². The van der Waals surface area contributed by atoms with E-state index < -0.39 is 0 Å². The van der Waals surface area contributed by atoms with Crippen LogP contribution in [-0.4, -0.2) is 60.0 Å². The van der Waals surface area contributed by atoms with Gasteiger partial charge in [-0.3, -0.25) is 9.69 Å². The first-order valence-corrected chi connectivity index (χ1v) is 11.4. The van der Waals surface area contributed by atoms with Gasteiger partial charge in [-0.15, -0.1) is 11.3 Å². The van der Waals surface area contributed by atoms with Gasteiger partial charge in [-0.05, 0) is 31.2 Å². The van der Waals surface area contributed by atoms with Gasteiger partial charge in [-0.2, -0.15) is 0 Å². The van der Waals surface area contributed by atoms with Crippen LogP contribution in [0.3, 0.4) is 0 Å². The summed E-state index contributed by atoms with van der Waals surface area (Å²) < 4.78 is 11.5. The first-order valence-electron chi connectivity index (χ1n) is 10.5. The maximum atomic E-state index is 12.8. The third-order valence-corrected chi connectivity index (χ3v) is 6.06. The molecule has 6 nitrogen and oxygen atoms in total. The maximum Gasteiger partial charge on any atom is 0.273 e. The molecule has 0 unspecified atom stereocenters. The number of hydrogen-bond donors (Lipinski definition) is 0. The molecule has 1 fully saturated rings. The Morgan fingerprint density at radius 1 is 0.968 bits per heavy atom. The highest BCUT2D eigenvalue weighted by Crippen LogP contribution is 2.17. The summed E-state index contributed by atoms with van der Waals surface area (Å²) >= 11 is 1.46. The van der Waals surface area contributed by atoms with Crippen LogP contribution in [0.15, 0.2) is 60.0 Å². The Kier molecular flexibility index (Phi) is 7.17. The number of ether oxygens (including phenoxy) is 2. The van der Waals surface area contributed by atoms with Gasteiger partial charge in [0.2, 0.25) is 0 Å². The van der Waals surface area contributed by atoms with Gasteiger partial charge in [-0.25, -0.2) is 4.98 Å². The second-order valence-corrected chi connectivity index (χ2v) is 8.47. The molecule has 0 atom stereocenters. The van der Waals surface area contributed by atoms with Crippen molar-refractivity contribution in [2.75, 3.05) is 39.3 Å². The quantitative estimate of drug-likeness (QED) is 0.536. The molecule has 0 spiro atoms. The predicted octanol–water partition coefficient (Wildman–Crippen LogP) is 3.87. The summed E-state index contributed by atoms with van der Waals surface area (Å²) in [5, 5.41) is 2.64. The minimum absolute atomic E-state index is 0.00183. The van der Waals surface area contributed by atoms with Crippen molar-refractivity contribution in [1.29, 1.82) is 0 Å². The van der Waals surface area contributed by atoms with Crippen molar-refractivity contribution >= 4 is 17.2 Å². The fraction of sp³-hybridized carbons (Fsp3) is 0.333. The highest BCUT2D eigenvalue weighted by molar-refractivity contribution is 7.09. The third kappa shape index (κ3) is 6.06. The molecule has 1 amide bonds. The van der Waals surface area contributed by atoms with Crippen molar-refractivity contribution in [2.45, 2.75) is 13.5 Å². The Labute approximate surface area is 187 Å². The Bertz CT molecular complexity index is 967. The number of benzene rings is 2. The van der Waals surface area contributed by atoms with E-state index in [0.29, 0.717) is 32.0 Å². The smallest absolute Gasteiger partial charge is 0.273 e. The first-order chi connectivity index (χ1) is 15.2. The Balaban J connectivity index is 1.20. The van der Waals surface area contributed by atoms with Crippen LogP contribution in [-0.2, 0) is 6.61 Å². The molecule has 162 valence electrons. The van der Waals surface area contributed by atoms with Crippen LogP contribution in [0.25, 0.3) is 0 Å². The molecule has 1 aliphatic heterocycles. The number of hydrogen-bond acceptors (Lipinski definition) is 6. The van der Waals surface area contributed by atoms with E-state index in [-0.39, 0.29) is 5.91 Å². The van der Waals surface area contributed by atoms with Gasteiger partial charge in [0, 0.05) is 38.1 Å². The normalized spacial score (nSPS) is 14.4. The number of aryl methyl sites for hydroxylation is 1. The van der Waals surface area contributed by atoms with Crippen LogP contribution in [0, 0.1) is 6.92 Å². The van der Waals surface area contributed by atoms with Gasteiger partial charge in [-0.1, -0.05) is 35.9 Å². The molecule has 0 bridgehead atoms. The van der Waals surface area contributed by atoms with E-state index in [1.54, 1.807) is 0 Å². The predicted molar refractivity (Wildman–Crippen MR) is 122 cm³/mol. The number of amides is 1. The number of nitrogens with zero attached hydrogens (tertiary/aromatic N) is 3. The minimum Gasteiger partial charge on any atom is -0.492 e. The molecule has 0 aliphatic carbocycles. The molecule has 0 radical (unpaired) electrons. The van der Waals surface area contributed by atoms with Crippen LogP contribution in [0.2, 0.25) is 0 Å². The van der Waals surface area contributed by atoms with E-state index in [2.05, 4.69) is 9.88 Å². The van der Waals surface area contributed by atoms with Crippen molar-refractivity contribution in [3.8, 4) is 11.5 Å². The summed E-state index contributed by atoms with van der Waals surface area (Å²) in [7, 11) is 0. The summed E-state index contributed by atoms with van der Waals surface area (Å²) in [4.78, 5) is 21.5. The average Bonchev–Trinajstić information content (AvgIpc) is 3.28. The van der Waals surface area contributed by atoms with Crippen molar-refractivity contribution in [1.82, 2.24) is 14.8 Å². The minimum atomic E-state index is -0.00183.